The molecule has 0 radical (unpaired) electrons. The number of rotatable bonds is 7. The molecule has 0 spiro atoms. The summed E-state index contributed by atoms with van der Waals surface area (Å²) in [5.74, 6) is -8.60. The van der Waals surface area contributed by atoms with E-state index in [2.05, 4.69) is 20.7 Å². The lowest BCUT2D eigenvalue weighted by Crippen LogP contribution is -2.57. The number of hydrogen-bond donors (Lipinski definition) is 3. The second-order valence-corrected chi connectivity index (χ2v) is 10.2. The first-order valence-corrected chi connectivity index (χ1v) is 11.8. The third kappa shape index (κ3) is 6.95. The van der Waals surface area contributed by atoms with Crippen LogP contribution in [-0.4, -0.2) is 77.9 Å². The molecule has 0 bridgehead atoms. The van der Waals surface area contributed by atoms with Crippen LogP contribution in [0.2, 0.25) is 0 Å². The molecule has 3 rings (SSSR count). The van der Waals surface area contributed by atoms with Crippen LogP contribution in [-0.2, 0) is 28.7 Å². The molecule has 4 amide bonds. The lowest BCUT2D eigenvalue weighted by Gasteiger charge is -2.30. The Morgan fingerprint density at radius 3 is 2.50 bits per heavy atom. The monoisotopic (exact) mass is 521 g/mol. The van der Waals surface area contributed by atoms with Crippen LogP contribution in [0.15, 0.2) is 0 Å². The van der Waals surface area contributed by atoms with Gasteiger partial charge in [-0.25, -0.2) is 0 Å². The van der Waals surface area contributed by atoms with Crippen LogP contribution < -0.4 is 16.0 Å². The number of hydrogen-bond acceptors (Lipinski definition) is 6. The fourth-order valence-corrected chi connectivity index (χ4v) is 4.69. The number of halogens is 3. The number of Topliss-reactive ketones (excluding diaryl/α,β-unsaturated/α-hetero) is 1. The number of fused-ring (bicyclic) bond motifs is 1. The van der Waals surface area contributed by atoms with E-state index in [0.29, 0.717) is 6.42 Å². The van der Waals surface area contributed by atoms with Gasteiger partial charge in [0.25, 0.3) is 0 Å². The highest BCUT2D eigenvalue weighted by Gasteiger charge is 2.51. The number of ether oxygens (including phenoxy) is 1. The predicted octanol–water partition coefficient (Wildman–Crippen LogP) is 0.645. The summed E-state index contributed by atoms with van der Waals surface area (Å²) in [6.07, 6.45) is -4.48. The minimum Gasteiger partial charge on any atom is -0.356 e. The van der Waals surface area contributed by atoms with Crippen LogP contribution in [0.3, 0.4) is 0 Å². The summed E-state index contributed by atoms with van der Waals surface area (Å²) >= 11 is 0. The molecular weight excluding hydrogens is 485 g/mol. The van der Waals surface area contributed by atoms with Crippen molar-refractivity contribution < 1.29 is 46.0 Å². The molecule has 0 aromatic carbocycles. The smallest absolute Gasteiger partial charge is 0.356 e. The van der Waals surface area contributed by atoms with Crippen LogP contribution in [0.25, 0.3) is 0 Å². The van der Waals surface area contributed by atoms with Crippen LogP contribution in [0.5, 0.6) is 0 Å². The molecule has 0 aromatic heterocycles. The maximum atomic E-state index is 13.7. The molecule has 3 aliphatic rings. The van der Waals surface area contributed by atoms with Gasteiger partial charge in [-0.1, -0.05) is 6.42 Å². The van der Waals surface area contributed by atoms with Crippen molar-refractivity contribution in [2.75, 3.05) is 19.6 Å². The molecule has 0 unspecified atom stereocenters. The Labute approximate surface area is 211 Å². The highest BCUT2D eigenvalue weighted by Crippen LogP contribution is 2.42. The molecule has 1 aliphatic carbocycles. The summed E-state index contributed by atoms with van der Waals surface area (Å²) in [6.45, 7) is 0.919. The van der Waals surface area contributed by atoms with Crippen molar-refractivity contribution in [2.45, 2.75) is 76.8 Å². The number of nitrogens with one attached hydrogen (secondary N) is 3. The Kier molecular flexibility index (Phi) is 7.06. The van der Waals surface area contributed by atoms with Crippen LogP contribution in [0, 0.1) is 17.8 Å². The quantitative estimate of drug-likeness (QED) is 0.421. The van der Waals surface area contributed by atoms with E-state index in [1.54, 1.807) is 20.8 Å². The van der Waals surface area contributed by atoms with Crippen LogP contribution in [0.4, 0.5) is 13.2 Å². The molecule has 5 atom stereocenters. The summed E-state index contributed by atoms with van der Waals surface area (Å²) in [6, 6.07) is -4.40. The zero-order valence-electron chi connectivity index (χ0n) is 23.3. The van der Waals surface area contributed by atoms with Gasteiger partial charge in [0, 0.05) is 27.2 Å². The van der Waals surface area contributed by atoms with E-state index in [1.807, 2.05) is 0 Å². The Morgan fingerprint density at radius 1 is 1.22 bits per heavy atom. The number of alkyl halides is 3. The molecule has 2 saturated heterocycles. The number of carbonyl (C=O) groups is 5. The van der Waals surface area contributed by atoms with Gasteiger partial charge in [-0.05, 0) is 58.3 Å². The van der Waals surface area contributed by atoms with E-state index in [9.17, 15) is 37.1 Å². The van der Waals surface area contributed by atoms with Gasteiger partial charge < -0.3 is 20.9 Å². The minimum absolute atomic E-state index is 0.159. The lowest BCUT2D eigenvalue weighted by atomic mass is 9.92. The van der Waals surface area contributed by atoms with Crippen molar-refractivity contribution in [1.82, 2.24) is 20.9 Å². The normalized spacial score (nSPS) is 31.5. The largest absolute Gasteiger partial charge is 0.522 e. The van der Waals surface area contributed by atoms with Gasteiger partial charge >= 0.3 is 18.2 Å². The number of amides is 4. The molecule has 36 heavy (non-hydrogen) atoms. The predicted molar refractivity (Wildman–Crippen MR) is 119 cm³/mol. The van der Waals surface area contributed by atoms with E-state index in [1.165, 1.54) is 0 Å². The average Bonchev–Trinajstić information content (AvgIpc) is 3.48. The number of ketones is 1. The first kappa shape index (κ1) is 23.7. The standard InChI is InChI=1S/C23H33F3N4O6/c1-22(2,3)29-20(34)21(35)30-10-13-5-4-6-14(13)17(30)19(33)28-15(9-12-7-8-27-18(12)32)16(31)11-36-23(24,25)26/h12-15,17H,4-11H2,1-3H3,(H,27,32)(H,28,33)(H,29,34)/t12-,13-,14-,15-,17-/m0/s1/i10D2,17D. The molecular formula is C23H33F3N4O6. The Bertz CT molecular complexity index is 1040. The maximum Gasteiger partial charge on any atom is 0.522 e. The van der Waals surface area contributed by atoms with Gasteiger partial charge in [-0.15, -0.1) is 13.2 Å². The van der Waals surface area contributed by atoms with Crippen molar-refractivity contribution in [3.63, 3.8) is 0 Å². The van der Waals surface area contributed by atoms with Crippen molar-refractivity contribution in [2.24, 2.45) is 17.8 Å². The first-order valence-electron chi connectivity index (χ1n) is 13.3. The number of likely N-dealkylation sites (tertiary alicyclic amines) is 1. The summed E-state index contributed by atoms with van der Waals surface area (Å²) in [5, 5.41) is 7.12. The SMILES string of the molecule is [2H]C1([2H])[C@@H]2CCC[C@@H]2[C@@]([2H])(C(=O)N[C@@H](C[C@@H]2CCNC2=O)C(=O)COC(F)(F)F)N1C(=O)C(=O)NC(C)(C)C. The Hall–Kier alpha value is -2.70. The zero-order valence-corrected chi connectivity index (χ0v) is 20.3. The topological polar surface area (TPSA) is 134 Å². The third-order valence-electron chi connectivity index (χ3n) is 6.28. The van der Waals surface area contributed by atoms with Gasteiger partial charge in [-0.2, -0.15) is 0 Å². The van der Waals surface area contributed by atoms with Crippen molar-refractivity contribution in [1.29, 1.82) is 0 Å². The fraction of sp³-hybridized carbons (Fsp3) is 0.783. The highest BCUT2D eigenvalue weighted by molar-refractivity contribution is 6.35. The van der Waals surface area contributed by atoms with E-state index in [4.69, 9.17) is 4.11 Å². The molecule has 3 fully saturated rings. The maximum absolute atomic E-state index is 13.7. The van der Waals surface area contributed by atoms with Crippen LogP contribution >= 0.6 is 0 Å². The summed E-state index contributed by atoms with van der Waals surface area (Å²) < 4.78 is 67.7. The van der Waals surface area contributed by atoms with Crippen molar-refractivity contribution in [3.8, 4) is 0 Å². The lowest BCUT2D eigenvalue weighted by molar-refractivity contribution is -0.321. The van der Waals surface area contributed by atoms with Gasteiger partial charge in [-0.3, -0.25) is 28.7 Å². The summed E-state index contributed by atoms with van der Waals surface area (Å²) in [4.78, 5) is 64.8. The molecule has 13 heteroatoms. The van der Waals surface area contributed by atoms with Crippen molar-refractivity contribution >= 4 is 29.4 Å². The first-order chi connectivity index (χ1) is 17.8. The third-order valence-corrected chi connectivity index (χ3v) is 6.28. The van der Waals surface area contributed by atoms with Gasteiger partial charge in [0.15, 0.2) is 5.78 Å². The van der Waals surface area contributed by atoms with E-state index in [0.717, 1.165) is 0 Å². The van der Waals surface area contributed by atoms with E-state index < -0.39 is 90.7 Å². The van der Waals surface area contributed by atoms with Gasteiger partial charge in [0.05, 0.1) is 7.41 Å². The molecule has 202 valence electrons. The minimum atomic E-state index is -5.15. The molecule has 3 N–H and O–H groups in total. The zero-order chi connectivity index (χ0) is 29.6. The Morgan fingerprint density at radius 2 is 1.92 bits per heavy atom. The van der Waals surface area contributed by atoms with Crippen molar-refractivity contribution in [3.05, 3.63) is 0 Å². The molecule has 2 aliphatic heterocycles. The van der Waals surface area contributed by atoms with Crippen LogP contribution in [0.1, 0.15) is 57.0 Å². The molecule has 10 nitrogen and oxygen atoms in total. The molecule has 2 heterocycles. The summed E-state index contributed by atoms with van der Waals surface area (Å²) in [5.41, 5.74) is -0.903. The second kappa shape index (κ2) is 10.7. The van der Waals surface area contributed by atoms with Gasteiger partial charge in [0.1, 0.15) is 12.6 Å². The number of carbonyl (C=O) groups excluding carboxylic acids is 5. The summed E-state index contributed by atoms with van der Waals surface area (Å²) in [7, 11) is 0. The number of nitrogens with zero attached hydrogens (tertiary/aromatic N) is 1. The molecule has 1 saturated carbocycles. The fourth-order valence-electron chi connectivity index (χ4n) is 4.69. The molecule has 0 aromatic rings. The second-order valence-electron chi connectivity index (χ2n) is 10.2. The average molecular weight is 522 g/mol. The van der Waals surface area contributed by atoms with E-state index >= 15 is 0 Å². The Balaban J connectivity index is 1.95. The highest BCUT2D eigenvalue weighted by atomic mass is 19.4. The van der Waals surface area contributed by atoms with Gasteiger partial charge in [0.2, 0.25) is 11.8 Å². The van der Waals surface area contributed by atoms with E-state index in [-0.39, 0.29) is 30.7 Å².